The van der Waals surface area contributed by atoms with Crippen molar-refractivity contribution in [3.05, 3.63) is 75.5 Å². The first-order valence-electron chi connectivity index (χ1n) is 7.77. The predicted octanol–water partition coefficient (Wildman–Crippen LogP) is 3.08. The molecular formula is C18H13N3O4S. The number of nitrogens with zero attached hydrogens (tertiary/aromatic N) is 3. The van der Waals surface area contributed by atoms with Crippen molar-refractivity contribution in [3.8, 4) is 11.5 Å². The normalized spacial score (nSPS) is 11.0. The minimum Gasteiger partial charge on any atom is -0.454 e. The summed E-state index contributed by atoms with van der Waals surface area (Å²) < 4.78 is 12.3. The monoisotopic (exact) mass is 367 g/mol. The van der Waals surface area contributed by atoms with Crippen LogP contribution in [0.2, 0.25) is 0 Å². The Hall–Kier alpha value is -3.26. The Morgan fingerprint density at radius 2 is 2.08 bits per heavy atom. The topological polar surface area (TPSA) is 86.7 Å². The van der Waals surface area contributed by atoms with Crippen molar-refractivity contribution in [2.45, 2.75) is 13.5 Å². The molecular weight excluding hydrogens is 354 g/mol. The van der Waals surface area contributed by atoms with Crippen LogP contribution in [0.25, 0.3) is 16.4 Å². The van der Waals surface area contributed by atoms with Crippen molar-refractivity contribution >= 4 is 22.3 Å². The van der Waals surface area contributed by atoms with E-state index in [1.54, 1.807) is 18.5 Å². The molecule has 0 unspecified atom stereocenters. The fraction of sp³-hybridized carbons (Fsp3) is 0.111. The molecule has 0 spiro atoms. The first kappa shape index (κ1) is 16.2. The average Bonchev–Trinajstić information content (AvgIpc) is 3.27. The van der Waals surface area contributed by atoms with Crippen molar-refractivity contribution < 1.29 is 13.9 Å². The van der Waals surface area contributed by atoms with E-state index in [0.717, 1.165) is 5.56 Å². The Bertz CT molecular complexity index is 1140. The quantitative estimate of drug-likeness (QED) is 0.515. The van der Waals surface area contributed by atoms with E-state index >= 15 is 0 Å². The number of aryl methyl sites for hydroxylation is 1. The first-order valence-corrected chi connectivity index (χ1v) is 8.65. The third-order valence-corrected chi connectivity index (χ3v) is 4.47. The summed E-state index contributed by atoms with van der Waals surface area (Å²) in [6, 6.07) is 10.6. The van der Waals surface area contributed by atoms with Crippen LogP contribution < -0.4 is 5.56 Å². The molecule has 1 aromatic carbocycles. The largest absolute Gasteiger partial charge is 0.454 e. The molecule has 8 heteroatoms. The molecule has 0 amide bonds. The average molecular weight is 367 g/mol. The number of thiazole rings is 1. The van der Waals surface area contributed by atoms with Crippen molar-refractivity contribution in [2.75, 3.05) is 0 Å². The van der Waals surface area contributed by atoms with Crippen LogP contribution in [-0.2, 0) is 11.3 Å². The van der Waals surface area contributed by atoms with Gasteiger partial charge in [0.2, 0.25) is 5.89 Å². The van der Waals surface area contributed by atoms with E-state index in [4.69, 9.17) is 9.15 Å². The van der Waals surface area contributed by atoms with Gasteiger partial charge in [-0.3, -0.25) is 9.20 Å². The lowest BCUT2D eigenvalue weighted by Crippen LogP contribution is -2.15. The van der Waals surface area contributed by atoms with Crippen molar-refractivity contribution in [3.63, 3.8) is 0 Å². The fourth-order valence-electron chi connectivity index (χ4n) is 2.46. The smallest absolute Gasteiger partial charge is 0.361 e. The van der Waals surface area contributed by atoms with E-state index in [-0.39, 0.29) is 17.9 Å². The molecule has 0 aliphatic rings. The lowest BCUT2D eigenvalue weighted by Gasteiger charge is -2.03. The maximum absolute atomic E-state index is 12.3. The molecule has 3 heterocycles. The summed E-state index contributed by atoms with van der Waals surface area (Å²) in [6.07, 6.45) is 1.65. The van der Waals surface area contributed by atoms with Crippen LogP contribution >= 0.6 is 11.3 Å². The lowest BCUT2D eigenvalue weighted by atomic mass is 10.2. The molecule has 130 valence electrons. The van der Waals surface area contributed by atoms with Gasteiger partial charge < -0.3 is 9.15 Å². The number of aromatic nitrogens is 3. The molecule has 0 saturated carbocycles. The molecule has 0 radical (unpaired) electrons. The molecule has 3 aromatic heterocycles. The van der Waals surface area contributed by atoms with Crippen LogP contribution in [0.1, 0.15) is 21.9 Å². The summed E-state index contributed by atoms with van der Waals surface area (Å²) in [6.45, 7) is 1.54. The second kappa shape index (κ2) is 6.57. The highest BCUT2D eigenvalue weighted by Gasteiger charge is 2.20. The van der Waals surface area contributed by atoms with E-state index in [1.807, 2.05) is 30.3 Å². The zero-order valence-corrected chi connectivity index (χ0v) is 14.5. The van der Waals surface area contributed by atoms with E-state index in [2.05, 4.69) is 9.97 Å². The number of oxazole rings is 1. The molecule has 0 fully saturated rings. The van der Waals surface area contributed by atoms with E-state index < -0.39 is 5.97 Å². The van der Waals surface area contributed by atoms with Gasteiger partial charge >= 0.3 is 5.97 Å². The third kappa shape index (κ3) is 3.02. The molecule has 0 N–H and O–H groups in total. The molecule has 4 aromatic rings. The number of hydrogen-bond acceptors (Lipinski definition) is 7. The van der Waals surface area contributed by atoms with E-state index in [1.165, 1.54) is 21.8 Å². The van der Waals surface area contributed by atoms with E-state index in [0.29, 0.717) is 22.3 Å². The summed E-state index contributed by atoms with van der Waals surface area (Å²) in [4.78, 5) is 33.4. The van der Waals surface area contributed by atoms with Gasteiger partial charge in [-0.1, -0.05) is 18.2 Å². The van der Waals surface area contributed by atoms with Crippen LogP contribution in [-0.4, -0.2) is 20.3 Å². The summed E-state index contributed by atoms with van der Waals surface area (Å²) in [5.74, 6) is 0.101. The number of ether oxygens (including phenoxy) is 1. The molecule has 0 aliphatic heterocycles. The Balaban J connectivity index is 1.53. The second-order valence-corrected chi connectivity index (χ2v) is 6.38. The van der Waals surface area contributed by atoms with Crippen LogP contribution in [0, 0.1) is 6.92 Å². The predicted molar refractivity (Wildman–Crippen MR) is 95.1 cm³/mol. The minimum atomic E-state index is -0.624. The number of fused-ring (bicyclic) bond motifs is 1. The number of benzene rings is 1. The molecule has 0 bridgehead atoms. The van der Waals surface area contributed by atoms with Gasteiger partial charge in [-0.05, 0) is 19.1 Å². The minimum absolute atomic E-state index is 0.109. The van der Waals surface area contributed by atoms with Gasteiger partial charge in [-0.25, -0.2) is 14.8 Å². The Morgan fingerprint density at radius 1 is 1.27 bits per heavy atom. The summed E-state index contributed by atoms with van der Waals surface area (Å²) in [5, 5.41) is 1.77. The second-order valence-electron chi connectivity index (χ2n) is 5.51. The van der Waals surface area contributed by atoms with Crippen LogP contribution in [0.5, 0.6) is 0 Å². The maximum Gasteiger partial charge on any atom is 0.361 e. The van der Waals surface area contributed by atoms with Gasteiger partial charge in [0.05, 0.1) is 5.69 Å². The van der Waals surface area contributed by atoms with E-state index in [9.17, 15) is 9.59 Å². The summed E-state index contributed by atoms with van der Waals surface area (Å²) in [7, 11) is 0. The Kier molecular flexibility index (Phi) is 4.10. The van der Waals surface area contributed by atoms with Gasteiger partial charge in [0, 0.05) is 23.2 Å². The SMILES string of the molecule is Cc1oc(-c2ccccc2)nc1C(=O)OCc1cc(=O)n2ccsc2n1. The number of carbonyl (C=O) groups excluding carboxylic acids is 1. The highest BCUT2D eigenvalue weighted by molar-refractivity contribution is 7.15. The number of hydrogen-bond donors (Lipinski definition) is 0. The first-order chi connectivity index (χ1) is 12.6. The fourth-order valence-corrected chi connectivity index (χ4v) is 3.20. The Labute approximate surface area is 151 Å². The Morgan fingerprint density at radius 3 is 2.88 bits per heavy atom. The zero-order chi connectivity index (χ0) is 18.1. The zero-order valence-electron chi connectivity index (χ0n) is 13.7. The highest BCUT2D eigenvalue weighted by Crippen LogP contribution is 2.22. The number of esters is 1. The van der Waals surface area contributed by atoms with Crippen LogP contribution in [0.4, 0.5) is 0 Å². The number of carbonyl (C=O) groups is 1. The molecule has 0 aliphatic carbocycles. The summed E-state index contributed by atoms with van der Waals surface area (Å²) in [5.41, 5.74) is 1.05. The van der Waals surface area contributed by atoms with Crippen LogP contribution in [0.3, 0.4) is 0 Å². The van der Waals surface area contributed by atoms with Gasteiger partial charge in [-0.15, -0.1) is 11.3 Å². The molecule has 0 atom stereocenters. The summed E-state index contributed by atoms with van der Waals surface area (Å²) >= 11 is 1.33. The van der Waals surface area contributed by atoms with Crippen molar-refractivity contribution in [2.24, 2.45) is 0 Å². The van der Waals surface area contributed by atoms with Crippen LogP contribution in [0.15, 0.2) is 57.2 Å². The highest BCUT2D eigenvalue weighted by atomic mass is 32.1. The molecule has 0 saturated heterocycles. The third-order valence-electron chi connectivity index (χ3n) is 3.72. The standard InChI is InChI=1S/C18H13N3O4S/c1-11-15(20-16(25-11)12-5-3-2-4-6-12)17(23)24-10-13-9-14(22)21-7-8-26-18(21)19-13/h2-9H,10H2,1H3. The van der Waals surface area contributed by atoms with Gasteiger partial charge in [0.15, 0.2) is 10.7 Å². The maximum atomic E-state index is 12.3. The van der Waals surface area contributed by atoms with Crippen molar-refractivity contribution in [1.29, 1.82) is 0 Å². The molecule has 26 heavy (non-hydrogen) atoms. The van der Waals surface area contributed by atoms with Gasteiger partial charge in [0.25, 0.3) is 5.56 Å². The molecule has 7 nitrogen and oxygen atoms in total. The van der Waals surface area contributed by atoms with Gasteiger partial charge in [0.1, 0.15) is 12.4 Å². The van der Waals surface area contributed by atoms with Crippen molar-refractivity contribution in [1.82, 2.24) is 14.4 Å². The molecule has 4 rings (SSSR count). The number of rotatable bonds is 4. The lowest BCUT2D eigenvalue weighted by molar-refractivity contribution is 0.0459. The van der Waals surface area contributed by atoms with Gasteiger partial charge in [-0.2, -0.15) is 0 Å².